The smallest absolute Gasteiger partial charge is 0.230 e. The molecule has 0 heterocycles. The summed E-state index contributed by atoms with van der Waals surface area (Å²) in [6.07, 6.45) is 8.05. The zero-order chi connectivity index (χ0) is 15.1. The SMILES string of the molecule is CCCCCCNC(=O)C1(c2ccccc2F)CCCC1. The average Bonchev–Trinajstić information content (AvgIpc) is 2.98. The molecule has 1 aliphatic rings. The maximum atomic E-state index is 14.2. The van der Waals surface area contributed by atoms with Gasteiger partial charge in [-0.3, -0.25) is 4.79 Å². The van der Waals surface area contributed by atoms with Gasteiger partial charge in [-0.1, -0.05) is 57.2 Å². The summed E-state index contributed by atoms with van der Waals surface area (Å²) in [7, 11) is 0. The maximum Gasteiger partial charge on any atom is 0.230 e. The number of hydrogen-bond donors (Lipinski definition) is 1. The highest BCUT2D eigenvalue weighted by molar-refractivity contribution is 5.88. The normalized spacial score (nSPS) is 16.9. The first-order valence-electron chi connectivity index (χ1n) is 8.24. The average molecular weight is 291 g/mol. The van der Waals surface area contributed by atoms with E-state index < -0.39 is 5.41 Å². The Hall–Kier alpha value is -1.38. The Morgan fingerprint density at radius 2 is 1.90 bits per heavy atom. The Bertz CT molecular complexity index is 466. The van der Waals surface area contributed by atoms with Gasteiger partial charge in [0, 0.05) is 12.1 Å². The number of amides is 1. The fourth-order valence-electron chi connectivity index (χ4n) is 3.37. The summed E-state index contributed by atoms with van der Waals surface area (Å²) in [5.41, 5.74) is -0.0654. The molecule has 1 aromatic rings. The van der Waals surface area contributed by atoms with Crippen molar-refractivity contribution in [3.63, 3.8) is 0 Å². The topological polar surface area (TPSA) is 29.1 Å². The van der Waals surface area contributed by atoms with E-state index in [9.17, 15) is 9.18 Å². The van der Waals surface area contributed by atoms with E-state index >= 15 is 0 Å². The second kappa shape index (κ2) is 7.58. The van der Waals surface area contributed by atoms with Crippen LogP contribution in [-0.2, 0) is 10.2 Å². The number of hydrogen-bond acceptors (Lipinski definition) is 1. The molecule has 1 fully saturated rings. The van der Waals surface area contributed by atoms with Gasteiger partial charge in [0.15, 0.2) is 0 Å². The third-order valence-electron chi connectivity index (χ3n) is 4.60. The largest absolute Gasteiger partial charge is 0.355 e. The molecule has 116 valence electrons. The quantitative estimate of drug-likeness (QED) is 0.744. The lowest BCUT2D eigenvalue weighted by molar-refractivity contribution is -0.126. The molecule has 3 heteroatoms. The highest BCUT2D eigenvalue weighted by Crippen LogP contribution is 2.42. The Kier molecular flexibility index (Phi) is 5.77. The van der Waals surface area contributed by atoms with Crippen LogP contribution >= 0.6 is 0 Å². The maximum absolute atomic E-state index is 14.2. The summed E-state index contributed by atoms with van der Waals surface area (Å²) in [5, 5.41) is 3.04. The first-order chi connectivity index (χ1) is 10.2. The minimum atomic E-state index is -0.643. The van der Waals surface area contributed by atoms with Crippen LogP contribution in [0.5, 0.6) is 0 Å². The lowest BCUT2D eigenvalue weighted by Crippen LogP contribution is -2.43. The van der Waals surface area contributed by atoms with Crippen molar-refractivity contribution in [2.24, 2.45) is 0 Å². The third-order valence-corrected chi connectivity index (χ3v) is 4.60. The molecule has 21 heavy (non-hydrogen) atoms. The number of carbonyl (C=O) groups excluding carboxylic acids is 1. The van der Waals surface area contributed by atoms with Gasteiger partial charge in [-0.2, -0.15) is 0 Å². The standard InChI is InChI=1S/C18H26FNO/c1-2-3-4-9-14-20-17(21)18(12-7-8-13-18)15-10-5-6-11-16(15)19/h5-6,10-11H,2-4,7-9,12-14H2,1H3,(H,20,21). The number of nitrogens with one attached hydrogen (secondary N) is 1. The van der Waals surface area contributed by atoms with E-state index in [1.165, 1.54) is 18.9 Å². The van der Waals surface area contributed by atoms with Crippen molar-refractivity contribution in [3.05, 3.63) is 35.6 Å². The van der Waals surface area contributed by atoms with E-state index in [1.54, 1.807) is 12.1 Å². The fraction of sp³-hybridized carbons (Fsp3) is 0.611. The zero-order valence-electron chi connectivity index (χ0n) is 13.0. The van der Waals surface area contributed by atoms with Gasteiger partial charge in [0.2, 0.25) is 5.91 Å². The number of rotatable bonds is 7. The summed E-state index contributed by atoms with van der Waals surface area (Å²) >= 11 is 0. The molecule has 1 saturated carbocycles. The molecule has 0 aromatic heterocycles. The van der Waals surface area contributed by atoms with Gasteiger partial charge in [0.1, 0.15) is 5.82 Å². The lowest BCUT2D eigenvalue weighted by Gasteiger charge is -2.28. The summed E-state index contributed by atoms with van der Waals surface area (Å²) in [5.74, 6) is -0.234. The van der Waals surface area contributed by atoms with Crippen molar-refractivity contribution < 1.29 is 9.18 Å². The summed E-state index contributed by atoms with van der Waals surface area (Å²) in [4.78, 5) is 12.7. The van der Waals surface area contributed by atoms with Gasteiger partial charge >= 0.3 is 0 Å². The van der Waals surface area contributed by atoms with Crippen LogP contribution in [0.1, 0.15) is 63.9 Å². The molecule has 1 amide bonds. The third kappa shape index (κ3) is 3.63. The summed E-state index contributed by atoms with van der Waals surface area (Å²) < 4.78 is 14.2. The molecule has 2 nitrogen and oxygen atoms in total. The van der Waals surface area contributed by atoms with E-state index in [1.807, 2.05) is 6.07 Å². The van der Waals surface area contributed by atoms with Crippen LogP contribution in [0.25, 0.3) is 0 Å². The Morgan fingerprint density at radius 3 is 2.57 bits per heavy atom. The Balaban J connectivity index is 2.05. The van der Waals surface area contributed by atoms with Crippen LogP contribution in [0, 0.1) is 5.82 Å². The number of unbranched alkanes of at least 4 members (excludes halogenated alkanes) is 3. The molecule has 0 spiro atoms. The van der Waals surface area contributed by atoms with Crippen molar-refractivity contribution >= 4 is 5.91 Å². The first kappa shape index (κ1) is 16.0. The van der Waals surface area contributed by atoms with Crippen molar-refractivity contribution in [2.75, 3.05) is 6.54 Å². The zero-order valence-corrected chi connectivity index (χ0v) is 13.0. The van der Waals surface area contributed by atoms with Crippen LogP contribution in [0.2, 0.25) is 0 Å². The van der Waals surface area contributed by atoms with Crippen LogP contribution in [0.4, 0.5) is 4.39 Å². The minimum absolute atomic E-state index is 0.0154. The van der Waals surface area contributed by atoms with E-state index in [2.05, 4.69) is 12.2 Å². The number of halogens is 1. The monoisotopic (exact) mass is 291 g/mol. The molecule has 0 radical (unpaired) electrons. The van der Waals surface area contributed by atoms with Gasteiger partial charge < -0.3 is 5.32 Å². The van der Waals surface area contributed by atoms with Crippen LogP contribution in [0.3, 0.4) is 0 Å². The van der Waals surface area contributed by atoms with Gasteiger partial charge in [0.05, 0.1) is 5.41 Å². The second-order valence-corrected chi connectivity index (χ2v) is 6.09. The first-order valence-corrected chi connectivity index (χ1v) is 8.24. The van der Waals surface area contributed by atoms with Crippen molar-refractivity contribution in [1.29, 1.82) is 0 Å². The highest BCUT2D eigenvalue weighted by atomic mass is 19.1. The molecule has 2 rings (SSSR count). The molecule has 0 saturated heterocycles. The lowest BCUT2D eigenvalue weighted by atomic mass is 9.77. The van der Waals surface area contributed by atoms with Crippen molar-refractivity contribution in [1.82, 2.24) is 5.32 Å². The molecule has 0 bridgehead atoms. The predicted molar refractivity (Wildman–Crippen MR) is 83.7 cm³/mol. The number of benzene rings is 1. The molecule has 1 N–H and O–H groups in total. The van der Waals surface area contributed by atoms with E-state index in [4.69, 9.17) is 0 Å². The molecule has 0 unspecified atom stereocenters. The van der Waals surface area contributed by atoms with Crippen LogP contribution in [0.15, 0.2) is 24.3 Å². The van der Waals surface area contributed by atoms with Gasteiger partial charge in [0.25, 0.3) is 0 Å². The van der Waals surface area contributed by atoms with Gasteiger partial charge in [-0.25, -0.2) is 4.39 Å². The van der Waals surface area contributed by atoms with E-state index in [-0.39, 0.29) is 11.7 Å². The summed E-state index contributed by atoms with van der Waals surface area (Å²) in [6.45, 7) is 2.87. The minimum Gasteiger partial charge on any atom is -0.355 e. The Morgan fingerprint density at radius 1 is 1.19 bits per heavy atom. The van der Waals surface area contributed by atoms with Gasteiger partial charge in [-0.05, 0) is 25.3 Å². The highest BCUT2D eigenvalue weighted by Gasteiger charge is 2.43. The second-order valence-electron chi connectivity index (χ2n) is 6.09. The van der Waals surface area contributed by atoms with E-state index in [0.717, 1.165) is 38.5 Å². The van der Waals surface area contributed by atoms with Crippen molar-refractivity contribution in [2.45, 2.75) is 63.7 Å². The van der Waals surface area contributed by atoms with E-state index in [0.29, 0.717) is 12.1 Å². The van der Waals surface area contributed by atoms with Crippen molar-refractivity contribution in [3.8, 4) is 0 Å². The van der Waals surface area contributed by atoms with Gasteiger partial charge in [-0.15, -0.1) is 0 Å². The Labute approximate surface area is 127 Å². The summed E-state index contributed by atoms with van der Waals surface area (Å²) in [6, 6.07) is 6.75. The molecule has 0 aliphatic heterocycles. The predicted octanol–water partition coefficient (Wildman–Crippen LogP) is 4.33. The molecule has 0 atom stereocenters. The molecule has 1 aliphatic carbocycles. The fourth-order valence-corrected chi connectivity index (χ4v) is 3.37. The molecule has 1 aromatic carbocycles. The van der Waals surface area contributed by atoms with Crippen LogP contribution < -0.4 is 5.32 Å². The number of carbonyl (C=O) groups is 1. The van der Waals surface area contributed by atoms with Crippen LogP contribution in [-0.4, -0.2) is 12.5 Å². The molecular weight excluding hydrogens is 265 g/mol. The molecular formula is C18H26FNO.